The summed E-state index contributed by atoms with van der Waals surface area (Å²) < 4.78 is 1.48. The fourth-order valence-electron chi connectivity index (χ4n) is 2.58. The first kappa shape index (κ1) is 19.3. The van der Waals surface area contributed by atoms with Crippen LogP contribution in [-0.4, -0.2) is 34.9 Å². The first-order valence-corrected chi connectivity index (χ1v) is 9.26. The normalized spacial score (nSPS) is 11.0. The van der Waals surface area contributed by atoms with Crippen molar-refractivity contribution in [1.29, 1.82) is 0 Å². The third-order valence-corrected chi connectivity index (χ3v) is 5.13. The smallest absolute Gasteiger partial charge is 0.258 e. The molecular formula is C17H10Cl3N7O2. The van der Waals surface area contributed by atoms with Gasteiger partial charge in [-0.25, -0.2) is 4.68 Å². The summed E-state index contributed by atoms with van der Waals surface area (Å²) in [5, 5.41) is 28.4. The monoisotopic (exact) mass is 449 g/mol. The van der Waals surface area contributed by atoms with Crippen molar-refractivity contribution in [2.24, 2.45) is 0 Å². The summed E-state index contributed by atoms with van der Waals surface area (Å²) in [6.07, 6.45) is 1.53. The maximum atomic E-state index is 10.7. The first-order chi connectivity index (χ1) is 13.9. The van der Waals surface area contributed by atoms with E-state index < -0.39 is 4.92 Å². The molecule has 0 N–H and O–H groups in total. The number of nitro groups is 1. The Morgan fingerprint density at radius 3 is 2.48 bits per heavy atom. The molecule has 0 aliphatic rings. The van der Waals surface area contributed by atoms with Gasteiger partial charge in [0.15, 0.2) is 0 Å². The van der Waals surface area contributed by atoms with Crippen molar-refractivity contribution < 1.29 is 4.92 Å². The SMILES string of the molecule is O=[N+]([O-])c1ccc(Cn2nnc(-c3cnn(-c4ccc(Cl)c(Cl)c4)c3Cl)n2)cc1. The lowest BCUT2D eigenvalue weighted by Gasteiger charge is -2.04. The number of non-ortho nitro benzene ring substituents is 1. The predicted octanol–water partition coefficient (Wildman–Crippen LogP) is 4.44. The minimum absolute atomic E-state index is 0.0162. The van der Waals surface area contributed by atoms with Crippen molar-refractivity contribution in [2.45, 2.75) is 6.54 Å². The Balaban J connectivity index is 1.57. The third-order valence-electron chi connectivity index (χ3n) is 4.02. The van der Waals surface area contributed by atoms with Gasteiger partial charge in [-0.05, 0) is 29.0 Å². The molecule has 4 rings (SSSR count). The van der Waals surface area contributed by atoms with E-state index in [1.54, 1.807) is 30.3 Å². The minimum Gasteiger partial charge on any atom is -0.258 e. The third kappa shape index (κ3) is 3.93. The Labute approximate surface area is 178 Å². The fourth-order valence-corrected chi connectivity index (χ4v) is 3.15. The lowest BCUT2D eigenvalue weighted by molar-refractivity contribution is -0.384. The van der Waals surface area contributed by atoms with Crippen molar-refractivity contribution in [2.75, 3.05) is 0 Å². The molecule has 0 bridgehead atoms. The lowest BCUT2D eigenvalue weighted by Crippen LogP contribution is -2.04. The number of nitro benzene ring substituents is 1. The molecule has 9 nitrogen and oxygen atoms in total. The van der Waals surface area contributed by atoms with E-state index in [9.17, 15) is 10.1 Å². The van der Waals surface area contributed by atoms with Crippen LogP contribution < -0.4 is 0 Å². The van der Waals surface area contributed by atoms with Gasteiger partial charge in [-0.15, -0.1) is 10.2 Å². The summed E-state index contributed by atoms with van der Waals surface area (Å²) in [7, 11) is 0. The van der Waals surface area contributed by atoms with Crippen LogP contribution in [0.3, 0.4) is 0 Å². The molecule has 2 aromatic heterocycles. The zero-order chi connectivity index (χ0) is 20.5. The molecule has 12 heteroatoms. The molecule has 0 saturated carbocycles. The van der Waals surface area contributed by atoms with Gasteiger partial charge < -0.3 is 0 Å². The van der Waals surface area contributed by atoms with E-state index in [4.69, 9.17) is 34.8 Å². The standard InChI is InChI=1S/C17H10Cl3N7O2/c18-14-6-5-12(7-15(14)19)26-16(20)13(8-21-26)17-22-24-25(23-17)9-10-1-3-11(4-2-10)27(28)29/h1-8H,9H2. The van der Waals surface area contributed by atoms with Crippen LogP contribution in [0, 0.1) is 10.1 Å². The molecule has 0 radical (unpaired) electrons. The lowest BCUT2D eigenvalue weighted by atomic mass is 10.2. The van der Waals surface area contributed by atoms with Gasteiger partial charge in [-0.2, -0.15) is 9.90 Å². The van der Waals surface area contributed by atoms with Gasteiger partial charge in [0.25, 0.3) is 5.69 Å². The Morgan fingerprint density at radius 2 is 1.79 bits per heavy atom. The molecule has 4 aromatic rings. The van der Waals surface area contributed by atoms with Crippen molar-refractivity contribution in [3.8, 4) is 17.1 Å². The number of rotatable bonds is 5. The van der Waals surface area contributed by atoms with Crippen molar-refractivity contribution in [1.82, 2.24) is 30.0 Å². The number of tetrazole rings is 1. The molecule has 2 aromatic carbocycles. The van der Waals surface area contributed by atoms with Crippen molar-refractivity contribution >= 4 is 40.5 Å². The minimum atomic E-state index is -0.455. The van der Waals surface area contributed by atoms with Gasteiger partial charge in [0, 0.05) is 12.1 Å². The van der Waals surface area contributed by atoms with Crippen molar-refractivity contribution in [3.05, 3.63) is 79.5 Å². The largest absolute Gasteiger partial charge is 0.269 e. The second kappa shape index (κ2) is 7.78. The quantitative estimate of drug-likeness (QED) is 0.329. The highest BCUT2D eigenvalue weighted by atomic mass is 35.5. The molecule has 0 unspecified atom stereocenters. The molecule has 0 spiro atoms. The van der Waals surface area contributed by atoms with E-state index in [1.807, 2.05) is 0 Å². The molecule has 29 heavy (non-hydrogen) atoms. The van der Waals surface area contributed by atoms with Crippen LogP contribution in [0.2, 0.25) is 15.2 Å². The molecular weight excluding hydrogens is 441 g/mol. The van der Waals surface area contributed by atoms with Gasteiger partial charge in [0.2, 0.25) is 5.82 Å². The first-order valence-electron chi connectivity index (χ1n) is 8.13. The Bertz CT molecular complexity index is 1200. The van der Waals surface area contributed by atoms with Gasteiger partial charge in [-0.1, -0.05) is 46.9 Å². The van der Waals surface area contributed by atoms with Crippen molar-refractivity contribution in [3.63, 3.8) is 0 Å². The summed E-state index contributed by atoms with van der Waals surface area (Å²) in [5.74, 6) is 0.295. The molecule has 0 aliphatic heterocycles. The number of hydrogen-bond donors (Lipinski definition) is 0. The van der Waals surface area contributed by atoms with E-state index in [0.717, 1.165) is 5.56 Å². The van der Waals surface area contributed by atoms with E-state index in [-0.39, 0.29) is 5.69 Å². The van der Waals surface area contributed by atoms with E-state index in [0.29, 0.717) is 38.8 Å². The van der Waals surface area contributed by atoms with Crippen LogP contribution in [0.25, 0.3) is 17.1 Å². The number of nitrogens with zero attached hydrogens (tertiary/aromatic N) is 7. The van der Waals surface area contributed by atoms with E-state index in [2.05, 4.69) is 20.5 Å². The zero-order valence-electron chi connectivity index (χ0n) is 14.4. The summed E-state index contributed by atoms with van der Waals surface area (Å²) in [6, 6.07) is 11.1. The fraction of sp³-hybridized carbons (Fsp3) is 0.0588. The Kier molecular flexibility index (Phi) is 5.18. The second-order valence-corrected chi connectivity index (χ2v) is 7.10. The zero-order valence-corrected chi connectivity index (χ0v) is 16.7. The van der Waals surface area contributed by atoms with Crippen LogP contribution >= 0.6 is 34.8 Å². The van der Waals surface area contributed by atoms with Gasteiger partial charge in [0.05, 0.1) is 39.0 Å². The van der Waals surface area contributed by atoms with Crippen LogP contribution in [0.4, 0.5) is 5.69 Å². The average molecular weight is 451 g/mol. The van der Waals surface area contributed by atoms with Gasteiger partial charge >= 0.3 is 0 Å². The van der Waals surface area contributed by atoms with E-state index >= 15 is 0 Å². The molecule has 146 valence electrons. The van der Waals surface area contributed by atoms with E-state index in [1.165, 1.54) is 27.8 Å². The molecule has 2 heterocycles. The highest BCUT2D eigenvalue weighted by Gasteiger charge is 2.17. The summed E-state index contributed by atoms with van der Waals surface area (Å²) >= 11 is 18.4. The summed E-state index contributed by atoms with van der Waals surface area (Å²) in [6.45, 7) is 0.295. The van der Waals surface area contributed by atoms with Crippen LogP contribution in [0.1, 0.15) is 5.56 Å². The summed E-state index contributed by atoms with van der Waals surface area (Å²) in [4.78, 5) is 11.6. The molecule has 0 amide bonds. The van der Waals surface area contributed by atoms with Crippen LogP contribution in [0.5, 0.6) is 0 Å². The Morgan fingerprint density at radius 1 is 1.03 bits per heavy atom. The maximum Gasteiger partial charge on any atom is 0.269 e. The highest BCUT2D eigenvalue weighted by Crippen LogP contribution is 2.30. The number of halogens is 3. The Hall–Kier alpha value is -3.01. The van der Waals surface area contributed by atoms with Crippen LogP contribution in [-0.2, 0) is 6.54 Å². The van der Waals surface area contributed by atoms with Gasteiger partial charge in [-0.3, -0.25) is 10.1 Å². The topological polar surface area (TPSA) is 105 Å². The number of benzene rings is 2. The maximum absolute atomic E-state index is 10.7. The summed E-state index contributed by atoms with van der Waals surface area (Å²) in [5.41, 5.74) is 1.93. The average Bonchev–Trinajstić information content (AvgIpc) is 3.31. The molecule has 0 fully saturated rings. The molecule has 0 atom stereocenters. The van der Waals surface area contributed by atoms with Gasteiger partial charge in [0.1, 0.15) is 5.15 Å². The number of aromatic nitrogens is 6. The highest BCUT2D eigenvalue weighted by molar-refractivity contribution is 6.42. The van der Waals surface area contributed by atoms with Crippen LogP contribution in [0.15, 0.2) is 48.7 Å². The molecule has 0 saturated heterocycles. The predicted molar refractivity (Wildman–Crippen MR) is 108 cm³/mol. The molecule has 0 aliphatic carbocycles. The number of hydrogen-bond acceptors (Lipinski definition) is 6. The second-order valence-electron chi connectivity index (χ2n) is 5.93.